The molecular weight excluding hydrogens is 440 g/mol. The molecule has 36 heavy (non-hydrogen) atoms. The van der Waals surface area contributed by atoms with Gasteiger partial charge in [0.2, 0.25) is 0 Å². The van der Waals surface area contributed by atoms with E-state index in [0.717, 1.165) is 49.8 Å². The fraction of sp³-hybridized carbons (Fsp3) is 0.424. The highest BCUT2D eigenvalue weighted by molar-refractivity contribution is 5.95. The van der Waals surface area contributed by atoms with E-state index < -0.39 is 0 Å². The molecule has 5 atom stereocenters. The summed E-state index contributed by atoms with van der Waals surface area (Å²) in [6, 6.07) is 28.7. The van der Waals surface area contributed by atoms with Gasteiger partial charge >= 0.3 is 0 Å². The number of hydrogen-bond acceptors (Lipinski definition) is 2. The van der Waals surface area contributed by atoms with Crippen LogP contribution in [-0.4, -0.2) is 23.9 Å². The Bertz CT molecular complexity index is 1230. The minimum absolute atomic E-state index is 0.223. The molecule has 0 unspecified atom stereocenters. The molecule has 3 aromatic carbocycles. The Morgan fingerprint density at radius 1 is 0.833 bits per heavy atom. The first-order valence-corrected chi connectivity index (χ1v) is 14.0. The van der Waals surface area contributed by atoms with E-state index in [1.54, 1.807) is 0 Å². The fourth-order valence-corrected chi connectivity index (χ4v) is 8.08. The van der Waals surface area contributed by atoms with Gasteiger partial charge in [0, 0.05) is 24.3 Å². The molecule has 0 spiro atoms. The maximum absolute atomic E-state index is 13.6. The molecule has 0 radical (unpaired) electrons. The number of likely N-dealkylation sites (tertiary alicyclic amines) is 1. The summed E-state index contributed by atoms with van der Waals surface area (Å²) < 4.78 is 0. The zero-order valence-corrected chi connectivity index (χ0v) is 21.0. The van der Waals surface area contributed by atoms with E-state index in [9.17, 15) is 4.79 Å². The highest BCUT2D eigenvalue weighted by Crippen LogP contribution is 2.63. The number of anilines is 1. The van der Waals surface area contributed by atoms with Crippen LogP contribution in [0.4, 0.5) is 5.69 Å². The summed E-state index contributed by atoms with van der Waals surface area (Å²) >= 11 is 0. The number of nitrogens with zero attached hydrogens (tertiary/aromatic N) is 1. The molecule has 1 saturated heterocycles. The second-order valence-corrected chi connectivity index (χ2v) is 11.7. The van der Waals surface area contributed by atoms with E-state index >= 15 is 0 Å². The molecule has 184 valence electrons. The number of benzene rings is 3. The van der Waals surface area contributed by atoms with Crippen molar-refractivity contribution in [1.82, 2.24) is 4.90 Å². The van der Waals surface area contributed by atoms with Crippen LogP contribution in [0.15, 0.2) is 78.9 Å². The Kier molecular flexibility index (Phi) is 5.60. The first kappa shape index (κ1) is 22.2. The maximum atomic E-state index is 13.6. The molecule has 2 saturated carbocycles. The monoisotopic (exact) mass is 476 g/mol. The van der Waals surface area contributed by atoms with Crippen molar-refractivity contribution in [3.8, 4) is 0 Å². The van der Waals surface area contributed by atoms with E-state index in [-0.39, 0.29) is 5.91 Å². The van der Waals surface area contributed by atoms with Gasteiger partial charge in [0.1, 0.15) is 0 Å². The number of carbonyl (C=O) groups excluding carboxylic acids is 1. The van der Waals surface area contributed by atoms with Gasteiger partial charge in [-0.1, -0.05) is 60.7 Å². The zero-order chi connectivity index (χ0) is 24.1. The highest BCUT2D eigenvalue weighted by atomic mass is 16.2. The molecule has 1 amide bonds. The van der Waals surface area contributed by atoms with Crippen molar-refractivity contribution in [3.63, 3.8) is 0 Å². The third-order valence-corrected chi connectivity index (χ3v) is 9.76. The van der Waals surface area contributed by atoms with Crippen molar-refractivity contribution in [3.05, 3.63) is 101 Å². The Balaban J connectivity index is 1.10. The summed E-state index contributed by atoms with van der Waals surface area (Å²) in [6.07, 6.45) is 7.39. The number of rotatable bonds is 4. The van der Waals surface area contributed by atoms with Gasteiger partial charge in [-0.05, 0) is 103 Å². The standard InChI is InChI=1S/C33H36N2O/c36-33(35-17-15-23(16-18-35)19-22-7-3-1-4-8-22)27-13-14-29-28(21-27)30-25-11-12-26(20-25)31(30)32(34-29)24-9-5-2-6-10-24/h1-10,13-14,21,23,25-26,30-32,34H,11-12,15-20H2/t25-,26-,30-,31-,32-/m0/s1. The molecule has 3 nitrogen and oxygen atoms in total. The van der Waals surface area contributed by atoms with Gasteiger partial charge in [0.15, 0.2) is 0 Å². The SMILES string of the molecule is O=C(c1ccc2c(c1)[C@@H]1[C@H]3CC[C@@H](C3)[C@@H]1[C@H](c1ccccc1)N2)N1CCC(Cc2ccccc2)CC1. The van der Waals surface area contributed by atoms with Crippen molar-refractivity contribution < 1.29 is 4.79 Å². The molecular formula is C33H36N2O. The van der Waals surface area contributed by atoms with Crippen LogP contribution in [0.2, 0.25) is 0 Å². The second-order valence-electron chi connectivity index (χ2n) is 11.7. The zero-order valence-electron chi connectivity index (χ0n) is 21.0. The summed E-state index contributed by atoms with van der Waals surface area (Å²) in [7, 11) is 0. The third kappa shape index (κ3) is 3.84. The lowest BCUT2D eigenvalue weighted by atomic mass is 9.68. The predicted molar refractivity (Wildman–Crippen MR) is 145 cm³/mol. The van der Waals surface area contributed by atoms with Gasteiger partial charge in [-0.3, -0.25) is 4.79 Å². The second kappa shape index (κ2) is 9.10. The molecule has 7 rings (SSSR count). The van der Waals surface area contributed by atoms with Crippen LogP contribution < -0.4 is 5.32 Å². The maximum Gasteiger partial charge on any atom is 0.253 e. The minimum atomic E-state index is 0.223. The van der Waals surface area contributed by atoms with Gasteiger partial charge < -0.3 is 10.2 Å². The summed E-state index contributed by atoms with van der Waals surface area (Å²) in [5.41, 5.74) is 6.36. The van der Waals surface area contributed by atoms with Crippen molar-refractivity contribution >= 4 is 11.6 Å². The van der Waals surface area contributed by atoms with Crippen molar-refractivity contribution in [2.24, 2.45) is 23.7 Å². The highest BCUT2D eigenvalue weighted by Gasteiger charge is 2.53. The smallest absolute Gasteiger partial charge is 0.253 e. The average molecular weight is 477 g/mol. The van der Waals surface area contributed by atoms with Crippen LogP contribution in [0, 0.1) is 23.7 Å². The molecule has 0 aromatic heterocycles. The number of amides is 1. The summed E-state index contributed by atoms with van der Waals surface area (Å²) in [5, 5.41) is 3.92. The number of hydrogen-bond donors (Lipinski definition) is 1. The largest absolute Gasteiger partial charge is 0.378 e. The van der Waals surface area contributed by atoms with Crippen LogP contribution in [-0.2, 0) is 6.42 Å². The van der Waals surface area contributed by atoms with Gasteiger partial charge in [0.25, 0.3) is 5.91 Å². The molecule has 4 aliphatic rings. The molecule has 3 aromatic rings. The van der Waals surface area contributed by atoms with Gasteiger partial charge in [-0.15, -0.1) is 0 Å². The fourth-order valence-electron chi connectivity index (χ4n) is 8.08. The minimum Gasteiger partial charge on any atom is -0.378 e. The van der Waals surface area contributed by atoms with Crippen molar-refractivity contribution in [1.29, 1.82) is 0 Å². The molecule has 3 heteroatoms. The van der Waals surface area contributed by atoms with Crippen LogP contribution in [0.1, 0.15) is 71.1 Å². The van der Waals surface area contributed by atoms with Gasteiger partial charge in [-0.25, -0.2) is 0 Å². The van der Waals surface area contributed by atoms with Crippen LogP contribution in [0.25, 0.3) is 0 Å². The number of nitrogens with one attached hydrogen (secondary N) is 1. The van der Waals surface area contributed by atoms with E-state index in [2.05, 4.69) is 89.1 Å². The molecule has 2 bridgehead atoms. The van der Waals surface area contributed by atoms with Crippen molar-refractivity contribution in [2.75, 3.05) is 18.4 Å². The normalized spacial score (nSPS) is 28.9. The molecule has 3 fully saturated rings. The van der Waals surface area contributed by atoms with Crippen LogP contribution in [0.3, 0.4) is 0 Å². The quantitative estimate of drug-likeness (QED) is 0.436. The van der Waals surface area contributed by atoms with E-state index in [1.165, 1.54) is 41.6 Å². The van der Waals surface area contributed by atoms with Gasteiger partial charge in [-0.2, -0.15) is 0 Å². The topological polar surface area (TPSA) is 32.3 Å². The average Bonchev–Trinajstić information content (AvgIpc) is 3.57. The Morgan fingerprint density at radius 3 is 2.33 bits per heavy atom. The Hall–Kier alpha value is -3.07. The Labute approximate surface area is 214 Å². The third-order valence-electron chi connectivity index (χ3n) is 9.76. The number of carbonyl (C=O) groups is 1. The van der Waals surface area contributed by atoms with Crippen molar-refractivity contribution in [2.45, 2.75) is 50.5 Å². The number of piperidine rings is 1. The summed E-state index contributed by atoms with van der Waals surface area (Å²) in [6.45, 7) is 1.75. The lowest BCUT2D eigenvalue weighted by molar-refractivity contribution is 0.0690. The predicted octanol–water partition coefficient (Wildman–Crippen LogP) is 7.08. The van der Waals surface area contributed by atoms with Crippen LogP contribution >= 0.6 is 0 Å². The molecule has 2 heterocycles. The summed E-state index contributed by atoms with van der Waals surface area (Å²) in [5.74, 6) is 3.68. The molecule has 2 aliphatic carbocycles. The summed E-state index contributed by atoms with van der Waals surface area (Å²) in [4.78, 5) is 15.7. The van der Waals surface area contributed by atoms with E-state index in [4.69, 9.17) is 0 Å². The van der Waals surface area contributed by atoms with Gasteiger partial charge in [0.05, 0.1) is 6.04 Å². The van der Waals surface area contributed by atoms with E-state index in [0.29, 0.717) is 23.8 Å². The number of fused-ring (bicyclic) bond motifs is 7. The van der Waals surface area contributed by atoms with E-state index in [1.807, 2.05) is 0 Å². The molecule has 2 aliphatic heterocycles. The first-order valence-electron chi connectivity index (χ1n) is 14.0. The lowest BCUT2D eigenvalue weighted by Gasteiger charge is -2.43. The molecule has 1 N–H and O–H groups in total. The first-order chi connectivity index (χ1) is 17.7. The lowest BCUT2D eigenvalue weighted by Crippen LogP contribution is -2.39. The van der Waals surface area contributed by atoms with Crippen LogP contribution in [0.5, 0.6) is 0 Å². The Morgan fingerprint density at radius 2 is 1.56 bits per heavy atom.